The van der Waals surface area contributed by atoms with Crippen molar-refractivity contribution in [3.05, 3.63) is 73.1 Å². The number of benzene rings is 2. The highest BCUT2D eigenvalue weighted by atomic mass is 32.2. The summed E-state index contributed by atoms with van der Waals surface area (Å²) in [5.74, 6) is 2.00. The molecule has 11 heteroatoms. The summed E-state index contributed by atoms with van der Waals surface area (Å²) in [5, 5.41) is 12.2. The Balaban J connectivity index is 1.47. The van der Waals surface area contributed by atoms with E-state index in [4.69, 9.17) is 14.2 Å². The Hall–Kier alpha value is -4.12. The first kappa shape index (κ1) is 23.1. The van der Waals surface area contributed by atoms with E-state index in [0.717, 1.165) is 0 Å². The lowest BCUT2D eigenvalue weighted by atomic mass is 10.3. The molecule has 0 saturated heterocycles. The van der Waals surface area contributed by atoms with Gasteiger partial charge in [0.05, 0.1) is 13.2 Å². The highest BCUT2D eigenvalue weighted by Gasteiger charge is 2.21. The van der Waals surface area contributed by atoms with Crippen LogP contribution in [0.25, 0.3) is 5.82 Å². The lowest BCUT2D eigenvalue weighted by Crippen LogP contribution is -2.14. The Kier molecular flexibility index (Phi) is 6.93. The summed E-state index contributed by atoms with van der Waals surface area (Å²) in [6, 6.07) is 16.3. The fraction of sp³-hybridized carbons (Fsp3) is 0.174. The van der Waals surface area contributed by atoms with Crippen molar-refractivity contribution < 1.29 is 22.6 Å². The van der Waals surface area contributed by atoms with Crippen LogP contribution in [0.4, 0.5) is 5.69 Å². The molecule has 0 bridgehead atoms. The number of rotatable bonds is 10. The molecule has 0 saturated carbocycles. The van der Waals surface area contributed by atoms with Crippen LogP contribution in [0.2, 0.25) is 0 Å². The van der Waals surface area contributed by atoms with E-state index in [0.29, 0.717) is 42.1 Å². The highest BCUT2D eigenvalue weighted by Crippen LogP contribution is 2.31. The quantitative estimate of drug-likeness (QED) is 0.360. The Labute approximate surface area is 197 Å². The molecule has 0 amide bonds. The maximum Gasteiger partial charge on any atom is 0.265 e. The minimum Gasteiger partial charge on any atom is -0.494 e. The van der Waals surface area contributed by atoms with E-state index in [1.807, 2.05) is 6.92 Å². The van der Waals surface area contributed by atoms with Gasteiger partial charge >= 0.3 is 0 Å². The van der Waals surface area contributed by atoms with Crippen molar-refractivity contribution >= 4 is 15.7 Å². The van der Waals surface area contributed by atoms with Crippen LogP contribution in [-0.2, 0) is 10.0 Å². The van der Waals surface area contributed by atoms with Gasteiger partial charge in [-0.3, -0.25) is 4.72 Å². The number of sulfonamides is 1. The van der Waals surface area contributed by atoms with E-state index < -0.39 is 10.0 Å². The van der Waals surface area contributed by atoms with Crippen LogP contribution in [-0.4, -0.2) is 41.6 Å². The van der Waals surface area contributed by atoms with Crippen LogP contribution < -0.4 is 18.9 Å². The summed E-state index contributed by atoms with van der Waals surface area (Å²) in [4.78, 5) is -0.00632. The van der Waals surface area contributed by atoms with Crippen LogP contribution >= 0.6 is 0 Å². The van der Waals surface area contributed by atoms with Gasteiger partial charge in [0.1, 0.15) is 22.1 Å². The number of ether oxygens (including phenoxy) is 3. The van der Waals surface area contributed by atoms with Crippen LogP contribution in [0, 0.1) is 0 Å². The summed E-state index contributed by atoms with van der Waals surface area (Å²) < 4.78 is 46.9. The van der Waals surface area contributed by atoms with Crippen molar-refractivity contribution in [3.8, 4) is 28.9 Å². The van der Waals surface area contributed by atoms with Gasteiger partial charge in [0.25, 0.3) is 10.0 Å². The zero-order valence-electron chi connectivity index (χ0n) is 18.6. The molecule has 0 aliphatic heterocycles. The van der Waals surface area contributed by atoms with Gasteiger partial charge in [0.2, 0.25) is 5.88 Å². The molecule has 2 aromatic heterocycles. The molecule has 0 aliphatic rings. The second-order valence-corrected chi connectivity index (χ2v) is 8.54. The third kappa shape index (κ3) is 5.44. The smallest absolute Gasteiger partial charge is 0.265 e. The van der Waals surface area contributed by atoms with Crippen LogP contribution in [0.15, 0.2) is 78.0 Å². The standard InChI is InChI=1S/C23H23N5O5S/c1-3-31-19-10-11-20(32-4-2)21(16-19)34(29,30)27-17-6-8-18(9-7-17)33-23-13-12-22(25-26-23)28-15-5-14-24-28/h5-16,27H,3-4H2,1-2H3. The third-order valence-corrected chi connectivity index (χ3v) is 5.91. The molecule has 0 fully saturated rings. The number of nitrogens with one attached hydrogen (secondary N) is 1. The topological polar surface area (TPSA) is 117 Å². The normalized spacial score (nSPS) is 11.1. The molecule has 1 N–H and O–H groups in total. The molecule has 0 atom stereocenters. The lowest BCUT2D eigenvalue weighted by molar-refractivity contribution is 0.322. The molecule has 4 rings (SSSR count). The molecule has 0 spiro atoms. The third-order valence-electron chi connectivity index (χ3n) is 4.51. The first-order chi connectivity index (χ1) is 16.5. The van der Waals surface area contributed by atoms with Gasteiger partial charge in [-0.2, -0.15) is 5.10 Å². The largest absolute Gasteiger partial charge is 0.494 e. The van der Waals surface area contributed by atoms with Gasteiger partial charge in [0, 0.05) is 30.2 Å². The average molecular weight is 482 g/mol. The van der Waals surface area contributed by atoms with Crippen LogP contribution in [0.5, 0.6) is 23.1 Å². The monoisotopic (exact) mass is 481 g/mol. The number of hydrogen-bond donors (Lipinski definition) is 1. The van der Waals surface area contributed by atoms with Gasteiger partial charge in [-0.05, 0) is 62.4 Å². The van der Waals surface area contributed by atoms with Gasteiger partial charge in [-0.1, -0.05) is 0 Å². The maximum atomic E-state index is 13.1. The summed E-state index contributed by atoms with van der Waals surface area (Å²) in [5.41, 5.74) is 0.358. The first-order valence-electron chi connectivity index (χ1n) is 10.5. The molecule has 34 heavy (non-hydrogen) atoms. The fourth-order valence-electron chi connectivity index (χ4n) is 3.05. The van der Waals surface area contributed by atoms with Gasteiger partial charge < -0.3 is 14.2 Å². The second-order valence-electron chi connectivity index (χ2n) is 6.89. The molecule has 2 heterocycles. The van der Waals surface area contributed by atoms with E-state index in [2.05, 4.69) is 20.0 Å². The first-order valence-corrected chi connectivity index (χ1v) is 12.0. The minimum atomic E-state index is -3.93. The van der Waals surface area contributed by atoms with Crippen molar-refractivity contribution in [1.82, 2.24) is 20.0 Å². The summed E-state index contributed by atoms with van der Waals surface area (Å²) in [6.07, 6.45) is 3.41. The van der Waals surface area contributed by atoms with E-state index >= 15 is 0 Å². The summed E-state index contributed by atoms with van der Waals surface area (Å²) in [7, 11) is -3.93. The zero-order valence-corrected chi connectivity index (χ0v) is 19.4. The highest BCUT2D eigenvalue weighted by molar-refractivity contribution is 7.92. The van der Waals surface area contributed by atoms with Crippen molar-refractivity contribution in [3.63, 3.8) is 0 Å². The molecular formula is C23H23N5O5S. The molecule has 2 aromatic carbocycles. The van der Waals surface area contributed by atoms with Crippen LogP contribution in [0.1, 0.15) is 13.8 Å². The number of hydrogen-bond acceptors (Lipinski definition) is 8. The van der Waals surface area contributed by atoms with E-state index in [-0.39, 0.29) is 10.6 Å². The van der Waals surface area contributed by atoms with E-state index in [1.54, 1.807) is 78.6 Å². The van der Waals surface area contributed by atoms with Crippen molar-refractivity contribution in [2.45, 2.75) is 18.7 Å². The summed E-state index contributed by atoms with van der Waals surface area (Å²) in [6.45, 7) is 4.35. The molecular weight excluding hydrogens is 458 g/mol. The van der Waals surface area contributed by atoms with Crippen LogP contribution in [0.3, 0.4) is 0 Å². The Morgan fingerprint density at radius 2 is 1.68 bits per heavy atom. The fourth-order valence-corrected chi connectivity index (χ4v) is 4.26. The predicted octanol–water partition coefficient (Wildman–Crippen LogP) is 4.05. The summed E-state index contributed by atoms with van der Waals surface area (Å²) >= 11 is 0. The Bertz CT molecular complexity index is 1330. The van der Waals surface area contributed by atoms with Gasteiger partial charge in [0.15, 0.2) is 5.82 Å². The number of anilines is 1. The van der Waals surface area contributed by atoms with E-state index in [9.17, 15) is 8.42 Å². The lowest BCUT2D eigenvalue weighted by Gasteiger charge is -2.14. The number of aromatic nitrogens is 4. The molecule has 4 aromatic rings. The van der Waals surface area contributed by atoms with Crippen molar-refractivity contribution in [2.24, 2.45) is 0 Å². The Morgan fingerprint density at radius 3 is 2.32 bits per heavy atom. The van der Waals surface area contributed by atoms with Gasteiger partial charge in [-0.25, -0.2) is 13.1 Å². The molecule has 176 valence electrons. The molecule has 0 aliphatic carbocycles. The van der Waals surface area contributed by atoms with Crippen molar-refractivity contribution in [1.29, 1.82) is 0 Å². The SMILES string of the molecule is CCOc1ccc(OCC)c(S(=O)(=O)Nc2ccc(Oc3ccc(-n4cccn4)nn3)cc2)c1. The molecule has 0 unspecified atom stereocenters. The predicted molar refractivity (Wildman–Crippen MR) is 125 cm³/mol. The molecule has 0 radical (unpaired) electrons. The Morgan fingerprint density at radius 1 is 0.912 bits per heavy atom. The maximum absolute atomic E-state index is 13.1. The van der Waals surface area contributed by atoms with Crippen molar-refractivity contribution in [2.75, 3.05) is 17.9 Å². The zero-order chi connectivity index (χ0) is 24.0. The second kappa shape index (κ2) is 10.2. The minimum absolute atomic E-state index is 0.00632. The van der Waals surface area contributed by atoms with E-state index in [1.165, 1.54) is 6.07 Å². The van der Waals surface area contributed by atoms with Gasteiger partial charge in [-0.15, -0.1) is 10.2 Å². The number of nitrogens with zero attached hydrogens (tertiary/aromatic N) is 4. The average Bonchev–Trinajstić information content (AvgIpc) is 3.37. The molecule has 10 nitrogen and oxygen atoms in total.